The van der Waals surface area contributed by atoms with Crippen LogP contribution in [-0.2, 0) is 9.53 Å². The highest BCUT2D eigenvalue weighted by Gasteiger charge is 2.36. The smallest absolute Gasteiger partial charge is 0.262 e. The van der Waals surface area contributed by atoms with Gasteiger partial charge in [-0.25, -0.2) is 13.8 Å². The maximum absolute atomic E-state index is 14.7. The van der Waals surface area contributed by atoms with E-state index >= 15 is 0 Å². The predicted octanol–water partition coefficient (Wildman–Crippen LogP) is 3.85. The largest absolute Gasteiger partial charge is 0.454 e. The Balaban J connectivity index is 1.28. The lowest BCUT2D eigenvalue weighted by Crippen LogP contribution is -2.46. The molecule has 6 rings (SSSR count). The third kappa shape index (κ3) is 5.97. The molecule has 3 aromatic carbocycles. The number of ether oxygens (including phenoxy) is 3. The normalized spacial score (nSPS) is 18.2. The average Bonchev–Trinajstić information content (AvgIpc) is 3.67. The van der Waals surface area contributed by atoms with Gasteiger partial charge in [0.1, 0.15) is 18.2 Å². The fourth-order valence-electron chi connectivity index (χ4n) is 5.32. The minimum Gasteiger partial charge on any atom is -0.454 e. The molecular weight excluding hydrogens is 546 g/mol. The van der Waals surface area contributed by atoms with E-state index in [0.717, 1.165) is 5.56 Å². The summed E-state index contributed by atoms with van der Waals surface area (Å²) in [6.07, 6.45) is 0.367. The maximum Gasteiger partial charge on any atom is 0.262 e. The van der Waals surface area contributed by atoms with Crippen molar-refractivity contribution in [1.82, 2.24) is 14.8 Å². The van der Waals surface area contributed by atoms with E-state index in [1.54, 1.807) is 24.3 Å². The zero-order valence-corrected chi connectivity index (χ0v) is 22.9. The van der Waals surface area contributed by atoms with Gasteiger partial charge < -0.3 is 19.1 Å². The lowest BCUT2D eigenvalue weighted by Gasteiger charge is -2.31. The number of carbonyl (C=O) groups excluding carboxylic acids is 2. The summed E-state index contributed by atoms with van der Waals surface area (Å²) in [4.78, 5) is 31.0. The third-order valence-electron chi connectivity index (χ3n) is 7.63. The first-order valence-corrected chi connectivity index (χ1v) is 13.9. The molecule has 0 saturated carbocycles. The van der Waals surface area contributed by atoms with Crippen LogP contribution >= 0.6 is 0 Å². The molecule has 2 amide bonds. The van der Waals surface area contributed by atoms with Gasteiger partial charge >= 0.3 is 0 Å². The fraction of sp³-hybridized carbons (Fsp3) is 0.323. The molecule has 0 N–H and O–H groups in total. The molecule has 3 aliphatic heterocycles. The van der Waals surface area contributed by atoms with Gasteiger partial charge in [-0.2, -0.15) is 5.10 Å². The molecule has 0 aromatic heterocycles. The number of hydrazone groups is 1. The van der Waals surface area contributed by atoms with E-state index in [4.69, 9.17) is 14.2 Å². The van der Waals surface area contributed by atoms with E-state index in [-0.39, 0.29) is 31.3 Å². The van der Waals surface area contributed by atoms with E-state index in [0.29, 0.717) is 62.0 Å². The molecular formula is C31H30F2N4O5. The Kier molecular flexibility index (Phi) is 8.11. The molecule has 0 radical (unpaired) electrons. The summed E-state index contributed by atoms with van der Waals surface area (Å²) in [5.41, 5.74) is 1.96. The first-order chi connectivity index (χ1) is 20.5. The number of benzene rings is 3. The summed E-state index contributed by atoms with van der Waals surface area (Å²) in [5.74, 6) is -0.851. The van der Waals surface area contributed by atoms with Crippen LogP contribution in [0.15, 0.2) is 71.8 Å². The van der Waals surface area contributed by atoms with Gasteiger partial charge in [0.2, 0.25) is 6.79 Å². The summed E-state index contributed by atoms with van der Waals surface area (Å²) in [7, 11) is 0. The molecule has 3 aliphatic rings. The van der Waals surface area contributed by atoms with Crippen molar-refractivity contribution in [3.63, 3.8) is 0 Å². The Hall–Kier alpha value is -4.35. The molecule has 11 heteroatoms. The number of hydrogen-bond acceptors (Lipinski definition) is 7. The van der Waals surface area contributed by atoms with Crippen molar-refractivity contribution in [2.45, 2.75) is 12.5 Å². The second kappa shape index (κ2) is 12.3. The summed E-state index contributed by atoms with van der Waals surface area (Å²) < 4.78 is 44.7. The maximum atomic E-state index is 14.7. The van der Waals surface area contributed by atoms with Crippen LogP contribution < -0.4 is 9.47 Å². The summed E-state index contributed by atoms with van der Waals surface area (Å²) >= 11 is 0. The van der Waals surface area contributed by atoms with Crippen molar-refractivity contribution < 1.29 is 32.6 Å². The van der Waals surface area contributed by atoms with Crippen LogP contribution in [0.5, 0.6) is 11.5 Å². The number of hydrogen-bond donors (Lipinski definition) is 0. The van der Waals surface area contributed by atoms with Gasteiger partial charge in [0.15, 0.2) is 11.5 Å². The predicted molar refractivity (Wildman–Crippen MR) is 149 cm³/mol. The van der Waals surface area contributed by atoms with Crippen molar-refractivity contribution in [3.05, 3.63) is 95.1 Å². The van der Waals surface area contributed by atoms with Crippen molar-refractivity contribution in [3.8, 4) is 11.5 Å². The monoisotopic (exact) mass is 576 g/mol. The number of nitrogens with zero attached hydrogens (tertiary/aromatic N) is 4. The first kappa shape index (κ1) is 27.8. The molecule has 0 spiro atoms. The molecule has 1 atom stereocenters. The standard InChI is InChI=1S/C31H30F2N4O5/c32-23-8-5-21(6-9-23)26-18-27(22-7-10-28-29(17-22)42-20-41-28)37(34-26)30(38)19-36(12-11-35-13-15-40-16-14-35)31(39)24-3-1-2-4-25(24)33/h1-10,17,27H,11-16,18-20H2. The number of fused-ring (bicyclic) bond motifs is 1. The first-order valence-electron chi connectivity index (χ1n) is 13.9. The summed E-state index contributed by atoms with van der Waals surface area (Å²) in [6.45, 7) is 3.12. The van der Waals surface area contributed by atoms with Crippen molar-refractivity contribution in [2.24, 2.45) is 5.10 Å². The molecule has 0 bridgehead atoms. The van der Waals surface area contributed by atoms with E-state index in [1.807, 2.05) is 12.1 Å². The van der Waals surface area contributed by atoms with Crippen LogP contribution in [0.2, 0.25) is 0 Å². The highest BCUT2D eigenvalue weighted by Crippen LogP contribution is 2.39. The Morgan fingerprint density at radius 1 is 0.952 bits per heavy atom. The molecule has 218 valence electrons. The van der Waals surface area contributed by atoms with E-state index in [1.165, 1.54) is 40.2 Å². The zero-order chi connectivity index (χ0) is 29.1. The molecule has 1 unspecified atom stereocenters. The van der Waals surface area contributed by atoms with E-state index < -0.39 is 23.7 Å². The molecule has 42 heavy (non-hydrogen) atoms. The number of halogens is 2. The lowest BCUT2D eigenvalue weighted by molar-refractivity contribution is -0.133. The molecule has 0 aliphatic carbocycles. The number of amides is 2. The van der Waals surface area contributed by atoms with Gasteiger partial charge in [0, 0.05) is 32.6 Å². The molecule has 3 aromatic rings. The van der Waals surface area contributed by atoms with Gasteiger partial charge in [-0.1, -0.05) is 30.3 Å². The zero-order valence-electron chi connectivity index (χ0n) is 22.9. The Morgan fingerprint density at radius 2 is 1.71 bits per heavy atom. The van der Waals surface area contributed by atoms with Crippen molar-refractivity contribution in [1.29, 1.82) is 0 Å². The van der Waals surface area contributed by atoms with Gasteiger partial charge in [-0.3, -0.25) is 14.5 Å². The minimum atomic E-state index is -0.651. The molecule has 3 heterocycles. The van der Waals surface area contributed by atoms with Gasteiger partial charge in [0.05, 0.1) is 30.5 Å². The van der Waals surface area contributed by atoms with Crippen LogP contribution in [0.25, 0.3) is 0 Å². The SMILES string of the molecule is O=C(c1ccccc1F)N(CCN1CCOCC1)CC(=O)N1N=C(c2ccc(F)cc2)CC1c1ccc2c(c1)OCO2. The minimum absolute atomic E-state index is 0.100. The van der Waals surface area contributed by atoms with Gasteiger partial charge in [-0.15, -0.1) is 0 Å². The number of morpholine rings is 1. The Morgan fingerprint density at radius 3 is 2.50 bits per heavy atom. The third-order valence-corrected chi connectivity index (χ3v) is 7.63. The molecule has 1 fully saturated rings. The van der Waals surface area contributed by atoms with Crippen LogP contribution in [0, 0.1) is 11.6 Å². The Labute approximate surface area is 241 Å². The van der Waals surface area contributed by atoms with Crippen LogP contribution in [0.4, 0.5) is 8.78 Å². The van der Waals surface area contributed by atoms with Crippen LogP contribution in [0.3, 0.4) is 0 Å². The van der Waals surface area contributed by atoms with Crippen molar-refractivity contribution >= 4 is 17.5 Å². The van der Waals surface area contributed by atoms with Crippen LogP contribution in [0.1, 0.15) is 33.9 Å². The molecule has 1 saturated heterocycles. The average molecular weight is 577 g/mol. The highest BCUT2D eigenvalue weighted by atomic mass is 19.1. The number of carbonyl (C=O) groups is 2. The van der Waals surface area contributed by atoms with E-state index in [2.05, 4.69) is 10.0 Å². The summed E-state index contributed by atoms with van der Waals surface area (Å²) in [6, 6.07) is 16.6. The van der Waals surface area contributed by atoms with E-state index in [9.17, 15) is 18.4 Å². The molecule has 9 nitrogen and oxygen atoms in total. The highest BCUT2D eigenvalue weighted by molar-refractivity contribution is 6.03. The van der Waals surface area contributed by atoms with Gasteiger partial charge in [-0.05, 0) is 47.5 Å². The van der Waals surface area contributed by atoms with Crippen molar-refractivity contribution in [2.75, 3.05) is 52.7 Å². The van der Waals surface area contributed by atoms with Crippen LogP contribution in [-0.4, -0.2) is 85.1 Å². The number of rotatable bonds is 8. The topological polar surface area (TPSA) is 83.9 Å². The fourth-order valence-corrected chi connectivity index (χ4v) is 5.32. The second-order valence-electron chi connectivity index (χ2n) is 10.3. The lowest BCUT2D eigenvalue weighted by atomic mass is 9.98. The summed E-state index contributed by atoms with van der Waals surface area (Å²) in [5, 5.41) is 6.03. The van der Waals surface area contributed by atoms with Gasteiger partial charge in [0.25, 0.3) is 11.8 Å². The second-order valence-corrected chi connectivity index (χ2v) is 10.3. The quantitative estimate of drug-likeness (QED) is 0.405. The Bertz CT molecular complexity index is 1490.